The highest BCUT2D eigenvalue weighted by molar-refractivity contribution is 6.34. The van der Waals surface area contributed by atoms with Crippen LogP contribution in [0.25, 0.3) is 0 Å². The van der Waals surface area contributed by atoms with Crippen LogP contribution in [-0.2, 0) is 16.1 Å². The summed E-state index contributed by atoms with van der Waals surface area (Å²) in [5.74, 6) is 3.10. The highest BCUT2D eigenvalue weighted by Crippen LogP contribution is 2.68. The van der Waals surface area contributed by atoms with E-state index in [0.29, 0.717) is 78.2 Å². The monoisotopic (exact) mass is 662 g/mol. The van der Waals surface area contributed by atoms with Crippen LogP contribution in [-0.4, -0.2) is 70.4 Å². The molecule has 9 heteroatoms. The molecule has 1 heterocycles. The van der Waals surface area contributed by atoms with Crippen molar-refractivity contribution in [3.8, 4) is 0 Å². The van der Waals surface area contributed by atoms with Gasteiger partial charge in [-0.05, 0) is 128 Å². The zero-order chi connectivity index (χ0) is 32.1. The van der Waals surface area contributed by atoms with E-state index in [1.54, 1.807) is 23.1 Å². The van der Waals surface area contributed by atoms with Crippen LogP contribution in [0.5, 0.6) is 0 Å². The molecule has 0 radical (unpaired) electrons. The summed E-state index contributed by atoms with van der Waals surface area (Å²) in [6.07, 6.45) is 9.02. The van der Waals surface area contributed by atoms with Gasteiger partial charge in [-0.1, -0.05) is 44.0 Å². The summed E-state index contributed by atoms with van der Waals surface area (Å²) in [7, 11) is 0. The number of hydrogen-bond donors (Lipinski definition) is 2. The van der Waals surface area contributed by atoms with Crippen LogP contribution >= 0.6 is 23.2 Å². The smallest absolute Gasteiger partial charge is 0.410 e. The summed E-state index contributed by atoms with van der Waals surface area (Å²) in [6, 6.07) is 5.10. The topological polar surface area (TPSA) is 90.3 Å². The van der Waals surface area contributed by atoms with Crippen molar-refractivity contribution in [3.05, 3.63) is 33.8 Å². The van der Waals surface area contributed by atoms with E-state index < -0.39 is 0 Å². The van der Waals surface area contributed by atoms with Crippen molar-refractivity contribution in [2.45, 2.75) is 104 Å². The predicted molar refractivity (Wildman–Crippen MR) is 176 cm³/mol. The third-order valence-corrected chi connectivity index (χ3v) is 13.8. The van der Waals surface area contributed by atoms with Crippen molar-refractivity contribution in [3.63, 3.8) is 0 Å². The van der Waals surface area contributed by atoms with Gasteiger partial charge in [0.15, 0.2) is 0 Å². The van der Waals surface area contributed by atoms with Gasteiger partial charge < -0.3 is 24.7 Å². The number of ether oxygens (including phenoxy) is 1. The lowest BCUT2D eigenvalue weighted by Gasteiger charge is -2.62. The van der Waals surface area contributed by atoms with E-state index in [9.17, 15) is 19.8 Å². The molecule has 2 N–H and O–H groups in total. The second-order valence-corrected chi connectivity index (χ2v) is 16.5. The number of aliphatic hydroxyl groups is 2. The molecule has 7 nitrogen and oxygen atoms in total. The van der Waals surface area contributed by atoms with Crippen LogP contribution in [0.1, 0.15) is 90.5 Å². The average Bonchev–Trinajstić information content (AvgIpc) is 3.36. The Balaban J connectivity index is 0.982. The molecule has 0 aromatic heterocycles. The quantitative estimate of drug-likeness (QED) is 0.337. The number of halogens is 2. The van der Waals surface area contributed by atoms with Gasteiger partial charge in [-0.15, -0.1) is 0 Å². The van der Waals surface area contributed by atoms with Gasteiger partial charge in [-0.3, -0.25) is 4.79 Å². The van der Waals surface area contributed by atoms with Crippen LogP contribution in [0.2, 0.25) is 10.0 Å². The number of carbonyl (C=O) groups is 2. The highest BCUT2D eigenvalue weighted by atomic mass is 35.5. The highest BCUT2D eigenvalue weighted by Gasteiger charge is 2.62. The summed E-state index contributed by atoms with van der Waals surface area (Å²) in [6.45, 7) is 9.37. The minimum atomic E-state index is -0.390. The van der Waals surface area contributed by atoms with Crippen molar-refractivity contribution in [1.82, 2.24) is 9.80 Å². The molecule has 4 saturated carbocycles. The fraction of sp³-hybridized carbons (Fsp3) is 0.778. The molecule has 1 aromatic rings. The van der Waals surface area contributed by atoms with Gasteiger partial charge in [-0.25, -0.2) is 4.79 Å². The lowest BCUT2D eigenvalue weighted by Crippen LogP contribution is -2.58. The molecule has 5 aliphatic rings. The SMILES string of the molecule is C[C@H](CCC(=O)N1CCN(C(=O)OCc2cc(Cl)cc(Cl)c2)CC1)C1CCC2C3C(CC[C@@]21C)[C@@]1(C)CC[C@@H](O)CC1C[C@@H]3O. The minimum Gasteiger partial charge on any atom is -0.445 e. The molecular formula is C36H52Cl2N2O5. The zero-order valence-electron chi connectivity index (χ0n) is 27.2. The first-order chi connectivity index (χ1) is 21.4. The van der Waals surface area contributed by atoms with Crippen molar-refractivity contribution >= 4 is 35.2 Å². The molecule has 1 saturated heterocycles. The van der Waals surface area contributed by atoms with Gasteiger partial charge in [-0.2, -0.15) is 0 Å². The van der Waals surface area contributed by atoms with Crippen LogP contribution in [0.3, 0.4) is 0 Å². The van der Waals surface area contributed by atoms with Crippen molar-refractivity contribution < 1.29 is 24.5 Å². The van der Waals surface area contributed by atoms with E-state index in [0.717, 1.165) is 37.7 Å². The van der Waals surface area contributed by atoms with Crippen molar-refractivity contribution in [1.29, 1.82) is 0 Å². The van der Waals surface area contributed by atoms with E-state index in [-0.39, 0.29) is 41.6 Å². The Morgan fingerprint density at radius 2 is 1.56 bits per heavy atom. The maximum Gasteiger partial charge on any atom is 0.410 e. The first-order valence-corrected chi connectivity index (χ1v) is 18.1. The Labute approximate surface area is 279 Å². The van der Waals surface area contributed by atoms with Crippen LogP contribution < -0.4 is 0 Å². The number of carbonyl (C=O) groups excluding carboxylic acids is 2. The fourth-order valence-electron chi connectivity index (χ4n) is 11.0. The Morgan fingerprint density at radius 1 is 0.911 bits per heavy atom. The summed E-state index contributed by atoms with van der Waals surface area (Å²) in [4.78, 5) is 29.5. The third-order valence-electron chi connectivity index (χ3n) is 13.4. The number of fused-ring (bicyclic) bond motifs is 5. The van der Waals surface area contributed by atoms with E-state index in [1.807, 2.05) is 4.90 Å². The Kier molecular flexibility index (Phi) is 9.76. The number of hydrogen-bond acceptors (Lipinski definition) is 5. The van der Waals surface area contributed by atoms with Crippen LogP contribution in [0.15, 0.2) is 18.2 Å². The maximum absolute atomic E-state index is 13.3. The molecule has 2 amide bonds. The van der Waals surface area contributed by atoms with E-state index in [4.69, 9.17) is 27.9 Å². The first kappa shape index (κ1) is 33.4. The number of piperazine rings is 1. The summed E-state index contributed by atoms with van der Waals surface area (Å²) < 4.78 is 5.48. The molecule has 6 rings (SSSR count). The molecule has 5 unspecified atom stereocenters. The molecule has 0 spiro atoms. The van der Waals surface area contributed by atoms with Crippen molar-refractivity contribution in [2.75, 3.05) is 26.2 Å². The summed E-state index contributed by atoms with van der Waals surface area (Å²) in [5.41, 5.74) is 1.19. The second kappa shape index (κ2) is 13.2. The molecule has 4 aliphatic carbocycles. The van der Waals surface area contributed by atoms with Crippen molar-refractivity contribution in [2.24, 2.45) is 46.3 Å². The number of benzene rings is 1. The predicted octanol–water partition coefficient (Wildman–Crippen LogP) is 7.18. The fourth-order valence-corrected chi connectivity index (χ4v) is 11.5. The Morgan fingerprint density at radius 3 is 2.27 bits per heavy atom. The lowest BCUT2D eigenvalue weighted by molar-refractivity contribution is -0.174. The molecule has 1 aromatic carbocycles. The lowest BCUT2D eigenvalue weighted by atomic mass is 9.43. The standard InChI is InChI=1S/C36H52Cl2N2O5/c1-22(4-7-32(43)39-12-14-40(15-13-39)34(44)45-21-23-16-25(37)20-26(38)17-23)28-5-6-29-33-30(9-11-36(28,29)3)35(2)10-8-27(41)18-24(35)19-31(33)42/h16-17,20,22,24,27-31,33,41-42H,4-15,18-19,21H2,1-3H3/t22-,24?,27-,28?,29?,30?,31+,33?,35+,36-/m1/s1. The largest absolute Gasteiger partial charge is 0.445 e. The van der Waals surface area contributed by atoms with E-state index >= 15 is 0 Å². The molecule has 250 valence electrons. The van der Waals surface area contributed by atoms with E-state index in [2.05, 4.69) is 20.8 Å². The molecule has 5 fully saturated rings. The van der Waals surface area contributed by atoms with Gasteiger partial charge in [0.25, 0.3) is 0 Å². The molecule has 0 bridgehead atoms. The maximum atomic E-state index is 13.3. The first-order valence-electron chi connectivity index (χ1n) is 17.4. The van der Waals surface area contributed by atoms with Gasteiger partial charge in [0.05, 0.1) is 12.2 Å². The molecular weight excluding hydrogens is 611 g/mol. The van der Waals surface area contributed by atoms with Gasteiger partial charge in [0, 0.05) is 42.6 Å². The van der Waals surface area contributed by atoms with Gasteiger partial charge >= 0.3 is 6.09 Å². The Hall–Kier alpha value is -1.54. The second-order valence-electron chi connectivity index (χ2n) is 15.7. The minimum absolute atomic E-state index is 0.0986. The summed E-state index contributed by atoms with van der Waals surface area (Å²) in [5, 5.41) is 22.9. The zero-order valence-corrected chi connectivity index (χ0v) is 28.7. The average molecular weight is 664 g/mol. The number of nitrogens with zero attached hydrogens (tertiary/aromatic N) is 2. The summed E-state index contributed by atoms with van der Waals surface area (Å²) >= 11 is 12.1. The Bertz CT molecular complexity index is 1240. The third kappa shape index (κ3) is 6.49. The normalized spacial score (nSPS) is 38.6. The molecule has 1 aliphatic heterocycles. The number of rotatable bonds is 6. The van der Waals surface area contributed by atoms with Crippen LogP contribution in [0.4, 0.5) is 4.79 Å². The van der Waals surface area contributed by atoms with Crippen LogP contribution in [0, 0.1) is 46.3 Å². The number of aliphatic hydroxyl groups excluding tert-OH is 2. The van der Waals surface area contributed by atoms with E-state index in [1.165, 1.54) is 25.7 Å². The molecule has 10 atom stereocenters. The molecule has 45 heavy (non-hydrogen) atoms. The van der Waals surface area contributed by atoms with Gasteiger partial charge in [0.2, 0.25) is 5.91 Å². The van der Waals surface area contributed by atoms with Gasteiger partial charge in [0.1, 0.15) is 6.61 Å². The number of amides is 2.